The van der Waals surface area contributed by atoms with E-state index >= 15 is 0 Å². The van der Waals surface area contributed by atoms with Crippen LogP contribution in [0.3, 0.4) is 0 Å². The Balaban J connectivity index is 1.89. The molecule has 5 heteroatoms. The predicted octanol–water partition coefficient (Wildman–Crippen LogP) is 1.91. The number of rotatable bonds is 4. The van der Waals surface area contributed by atoms with Crippen LogP contribution in [-0.4, -0.2) is 60.5 Å². The van der Waals surface area contributed by atoms with Crippen molar-refractivity contribution in [1.82, 2.24) is 9.80 Å². The summed E-state index contributed by atoms with van der Waals surface area (Å²) in [4.78, 5) is 28.9. The fraction of sp³-hybridized carbons (Fsp3) is 0.882. The summed E-state index contributed by atoms with van der Waals surface area (Å²) in [6.07, 6.45) is 3.60. The van der Waals surface area contributed by atoms with E-state index < -0.39 is 6.10 Å². The lowest BCUT2D eigenvalue weighted by atomic mass is 9.93. The van der Waals surface area contributed by atoms with Gasteiger partial charge in [0.2, 0.25) is 5.91 Å². The molecular formula is C17H30N2O3. The van der Waals surface area contributed by atoms with E-state index in [4.69, 9.17) is 4.74 Å². The van der Waals surface area contributed by atoms with Gasteiger partial charge in [0.05, 0.1) is 5.92 Å². The SMILES string of the molecule is CCO[C@@H](C)C(=O)N1CCC[C@H](C(=O)N2CCC(C)CC2)C1. The molecule has 5 nitrogen and oxygen atoms in total. The van der Waals surface area contributed by atoms with Crippen molar-refractivity contribution < 1.29 is 14.3 Å². The third kappa shape index (κ3) is 4.22. The lowest BCUT2D eigenvalue weighted by Gasteiger charge is -2.38. The van der Waals surface area contributed by atoms with E-state index in [2.05, 4.69) is 6.92 Å². The summed E-state index contributed by atoms with van der Waals surface area (Å²) >= 11 is 0. The zero-order valence-corrected chi connectivity index (χ0v) is 14.2. The molecule has 2 fully saturated rings. The van der Waals surface area contributed by atoms with Gasteiger partial charge in [0, 0.05) is 32.8 Å². The summed E-state index contributed by atoms with van der Waals surface area (Å²) in [7, 11) is 0. The number of ether oxygens (including phenoxy) is 1. The molecule has 2 heterocycles. The Morgan fingerprint density at radius 2 is 1.82 bits per heavy atom. The average Bonchev–Trinajstić information content (AvgIpc) is 2.54. The molecule has 2 aliphatic heterocycles. The molecule has 22 heavy (non-hydrogen) atoms. The number of hydrogen-bond acceptors (Lipinski definition) is 3. The first-order valence-electron chi connectivity index (χ1n) is 8.72. The summed E-state index contributed by atoms with van der Waals surface area (Å²) in [5.74, 6) is 0.959. The van der Waals surface area contributed by atoms with Gasteiger partial charge in [-0.15, -0.1) is 0 Å². The first-order chi connectivity index (χ1) is 10.5. The van der Waals surface area contributed by atoms with Gasteiger partial charge in [-0.3, -0.25) is 9.59 Å². The molecule has 0 unspecified atom stereocenters. The lowest BCUT2D eigenvalue weighted by Crippen LogP contribution is -2.50. The molecule has 126 valence electrons. The average molecular weight is 310 g/mol. The van der Waals surface area contributed by atoms with Gasteiger partial charge < -0.3 is 14.5 Å². The normalized spacial score (nSPS) is 25.1. The number of carbonyl (C=O) groups is 2. The molecule has 0 aliphatic carbocycles. The molecule has 0 saturated carbocycles. The molecule has 0 aromatic rings. The number of amides is 2. The van der Waals surface area contributed by atoms with E-state index in [-0.39, 0.29) is 17.7 Å². The number of hydrogen-bond donors (Lipinski definition) is 0. The Kier molecular flexibility index (Phi) is 6.24. The molecule has 2 saturated heterocycles. The van der Waals surface area contributed by atoms with Crippen LogP contribution in [0.15, 0.2) is 0 Å². The number of carbonyl (C=O) groups excluding carboxylic acids is 2. The molecule has 2 aliphatic rings. The standard InChI is InChI=1S/C17H30N2O3/c1-4-22-14(3)16(20)19-9-5-6-15(12-19)17(21)18-10-7-13(2)8-11-18/h13-15H,4-12H2,1-3H3/t14-,15-/m0/s1. The highest BCUT2D eigenvalue weighted by atomic mass is 16.5. The Hall–Kier alpha value is -1.10. The molecule has 2 amide bonds. The second-order valence-corrected chi connectivity index (χ2v) is 6.73. The Morgan fingerprint density at radius 3 is 2.45 bits per heavy atom. The van der Waals surface area contributed by atoms with Gasteiger partial charge in [-0.1, -0.05) is 6.92 Å². The van der Waals surface area contributed by atoms with Crippen LogP contribution in [0, 0.1) is 11.8 Å². The minimum atomic E-state index is -0.408. The number of likely N-dealkylation sites (tertiary alicyclic amines) is 2. The minimum absolute atomic E-state index is 0.0200. The molecule has 2 rings (SSSR count). The van der Waals surface area contributed by atoms with Crippen molar-refractivity contribution in [3.05, 3.63) is 0 Å². The topological polar surface area (TPSA) is 49.9 Å². The van der Waals surface area contributed by atoms with Gasteiger partial charge >= 0.3 is 0 Å². The maximum absolute atomic E-state index is 12.7. The second-order valence-electron chi connectivity index (χ2n) is 6.73. The van der Waals surface area contributed by atoms with Crippen LogP contribution in [0.1, 0.15) is 46.5 Å². The molecule has 0 aromatic heterocycles. The van der Waals surface area contributed by atoms with E-state index in [1.807, 2.05) is 16.7 Å². The summed E-state index contributed by atoms with van der Waals surface area (Å²) in [6.45, 7) is 9.53. The molecule has 0 aromatic carbocycles. The first kappa shape index (κ1) is 17.3. The Morgan fingerprint density at radius 1 is 1.14 bits per heavy atom. The maximum Gasteiger partial charge on any atom is 0.251 e. The van der Waals surface area contributed by atoms with Gasteiger partial charge in [0.1, 0.15) is 6.10 Å². The molecule has 2 atom stereocenters. The van der Waals surface area contributed by atoms with Crippen molar-refractivity contribution in [3.63, 3.8) is 0 Å². The maximum atomic E-state index is 12.7. The van der Waals surface area contributed by atoms with Crippen LogP contribution < -0.4 is 0 Å². The van der Waals surface area contributed by atoms with E-state index in [9.17, 15) is 9.59 Å². The Labute approximate surface area is 134 Å². The van der Waals surface area contributed by atoms with E-state index in [1.165, 1.54) is 0 Å². The largest absolute Gasteiger partial charge is 0.369 e. The van der Waals surface area contributed by atoms with Crippen molar-refractivity contribution in [2.75, 3.05) is 32.8 Å². The van der Waals surface area contributed by atoms with E-state index in [1.54, 1.807) is 6.92 Å². The summed E-state index contributed by atoms with van der Waals surface area (Å²) < 4.78 is 5.39. The van der Waals surface area contributed by atoms with Crippen LogP contribution in [0.5, 0.6) is 0 Å². The fourth-order valence-corrected chi connectivity index (χ4v) is 3.44. The lowest BCUT2D eigenvalue weighted by molar-refractivity contribution is -0.147. The van der Waals surface area contributed by atoms with Gasteiger partial charge in [0.25, 0.3) is 5.91 Å². The van der Waals surface area contributed by atoms with Gasteiger partial charge in [-0.25, -0.2) is 0 Å². The van der Waals surface area contributed by atoms with Crippen molar-refractivity contribution in [3.8, 4) is 0 Å². The first-order valence-corrected chi connectivity index (χ1v) is 8.72. The summed E-state index contributed by atoms with van der Waals surface area (Å²) in [5.41, 5.74) is 0. The quantitative estimate of drug-likeness (QED) is 0.797. The summed E-state index contributed by atoms with van der Waals surface area (Å²) in [5, 5.41) is 0. The highest BCUT2D eigenvalue weighted by Gasteiger charge is 2.33. The van der Waals surface area contributed by atoms with Crippen LogP contribution in [0.25, 0.3) is 0 Å². The van der Waals surface area contributed by atoms with Crippen LogP contribution in [-0.2, 0) is 14.3 Å². The fourth-order valence-electron chi connectivity index (χ4n) is 3.44. The Bertz CT molecular complexity index is 391. The molecule has 0 radical (unpaired) electrons. The predicted molar refractivity (Wildman–Crippen MR) is 85.4 cm³/mol. The highest BCUT2D eigenvalue weighted by molar-refractivity contribution is 5.83. The minimum Gasteiger partial charge on any atom is -0.369 e. The third-order valence-corrected chi connectivity index (χ3v) is 4.94. The van der Waals surface area contributed by atoms with Crippen LogP contribution in [0.2, 0.25) is 0 Å². The second kappa shape index (κ2) is 7.95. The van der Waals surface area contributed by atoms with E-state index in [0.29, 0.717) is 13.2 Å². The molecule has 0 spiro atoms. The monoisotopic (exact) mass is 310 g/mol. The zero-order valence-electron chi connectivity index (χ0n) is 14.2. The van der Waals surface area contributed by atoms with E-state index in [0.717, 1.165) is 51.2 Å². The molecule has 0 bridgehead atoms. The molecule has 0 N–H and O–H groups in total. The van der Waals surface area contributed by atoms with Crippen molar-refractivity contribution >= 4 is 11.8 Å². The van der Waals surface area contributed by atoms with Crippen LogP contribution >= 0.6 is 0 Å². The van der Waals surface area contributed by atoms with Gasteiger partial charge in [0.15, 0.2) is 0 Å². The zero-order chi connectivity index (χ0) is 16.1. The smallest absolute Gasteiger partial charge is 0.251 e. The summed E-state index contributed by atoms with van der Waals surface area (Å²) in [6, 6.07) is 0. The number of piperidine rings is 2. The van der Waals surface area contributed by atoms with Gasteiger partial charge in [-0.2, -0.15) is 0 Å². The number of nitrogens with zero attached hydrogens (tertiary/aromatic N) is 2. The van der Waals surface area contributed by atoms with Crippen molar-refractivity contribution in [2.24, 2.45) is 11.8 Å². The molecular weight excluding hydrogens is 280 g/mol. The van der Waals surface area contributed by atoms with Crippen molar-refractivity contribution in [2.45, 2.75) is 52.6 Å². The van der Waals surface area contributed by atoms with Crippen LogP contribution in [0.4, 0.5) is 0 Å². The third-order valence-electron chi connectivity index (χ3n) is 4.94. The van der Waals surface area contributed by atoms with Gasteiger partial charge in [-0.05, 0) is 45.4 Å². The van der Waals surface area contributed by atoms with Crippen molar-refractivity contribution in [1.29, 1.82) is 0 Å². The highest BCUT2D eigenvalue weighted by Crippen LogP contribution is 2.23.